The summed E-state index contributed by atoms with van der Waals surface area (Å²) in [6.07, 6.45) is 0. The van der Waals surface area contributed by atoms with Crippen LogP contribution in [0, 0.1) is 6.92 Å². The molecule has 1 aromatic heterocycles. The van der Waals surface area contributed by atoms with Crippen LogP contribution in [-0.4, -0.2) is 17.5 Å². The number of nitrogens with one attached hydrogen (secondary N) is 1. The molecule has 1 amide bonds. The van der Waals surface area contributed by atoms with E-state index < -0.39 is 0 Å². The molecule has 0 unspecified atom stereocenters. The summed E-state index contributed by atoms with van der Waals surface area (Å²) in [5.74, 6) is -0.187. The van der Waals surface area contributed by atoms with E-state index >= 15 is 0 Å². The summed E-state index contributed by atoms with van der Waals surface area (Å²) in [5, 5.41) is 3.40. The van der Waals surface area contributed by atoms with Crippen molar-refractivity contribution in [3.05, 3.63) is 59.7 Å². The highest BCUT2D eigenvalue weighted by molar-refractivity contribution is 7.22. The summed E-state index contributed by atoms with van der Waals surface area (Å²) in [6, 6.07) is 15.8. The molecule has 0 bridgehead atoms. The molecule has 1 N–H and O–H groups in total. The Kier molecular flexibility index (Phi) is 4.46. The Balaban J connectivity index is 1.55. The molecule has 3 rings (SSSR count). The normalized spacial score (nSPS) is 10.8. The number of nitrogens with zero attached hydrogens (tertiary/aromatic N) is 1. The lowest BCUT2D eigenvalue weighted by atomic mass is 10.2. The molecule has 22 heavy (non-hydrogen) atoms. The second-order valence-electron chi connectivity index (χ2n) is 4.97. The van der Waals surface area contributed by atoms with Crippen LogP contribution in [0.25, 0.3) is 10.2 Å². The maximum Gasteiger partial charge on any atom is 0.252 e. The van der Waals surface area contributed by atoms with E-state index in [0.717, 1.165) is 21.3 Å². The third-order valence-electron chi connectivity index (χ3n) is 3.21. The number of aryl methyl sites for hydroxylation is 1. The number of ether oxygens (including phenoxy) is 1. The number of hydrogen-bond donors (Lipinski definition) is 1. The molecule has 0 atom stereocenters. The molecular formula is C17H16N2O2S. The first-order valence-electron chi connectivity index (χ1n) is 7.00. The summed E-state index contributed by atoms with van der Waals surface area (Å²) >= 11 is 1.47. The number of rotatable bonds is 5. The first-order chi connectivity index (χ1) is 10.7. The van der Waals surface area contributed by atoms with Gasteiger partial charge in [0.05, 0.1) is 16.8 Å². The van der Waals surface area contributed by atoms with Crippen molar-refractivity contribution >= 4 is 32.6 Å². The number of amides is 1. The number of carbonyl (C=O) groups excluding carboxylic acids is 1. The number of benzene rings is 2. The van der Waals surface area contributed by atoms with Crippen LogP contribution in [0.15, 0.2) is 48.5 Å². The van der Waals surface area contributed by atoms with Crippen LogP contribution in [0.2, 0.25) is 0 Å². The third kappa shape index (κ3) is 3.50. The minimum absolute atomic E-state index is 0.0177. The second kappa shape index (κ2) is 6.68. The minimum Gasteiger partial charge on any atom is -0.367 e. The van der Waals surface area contributed by atoms with Crippen molar-refractivity contribution in [3.8, 4) is 0 Å². The van der Waals surface area contributed by atoms with Gasteiger partial charge in [0.2, 0.25) is 0 Å². The number of aromatic nitrogens is 1. The van der Waals surface area contributed by atoms with E-state index in [0.29, 0.717) is 11.7 Å². The van der Waals surface area contributed by atoms with E-state index in [2.05, 4.69) is 10.3 Å². The standard InChI is InChI=1S/C17H16N2O2S/c1-12-6-5-9-14-16(12)19-17(22-14)18-15(20)11-21-10-13-7-3-2-4-8-13/h2-9H,10-11H2,1H3,(H,18,19,20). The van der Waals surface area contributed by atoms with Crippen LogP contribution >= 0.6 is 11.3 Å². The van der Waals surface area contributed by atoms with Crippen LogP contribution in [0.1, 0.15) is 11.1 Å². The first-order valence-corrected chi connectivity index (χ1v) is 7.82. The molecule has 2 aromatic carbocycles. The molecule has 0 aliphatic heterocycles. The van der Waals surface area contributed by atoms with Gasteiger partial charge in [0, 0.05) is 0 Å². The average Bonchev–Trinajstić information content (AvgIpc) is 2.92. The molecule has 0 saturated carbocycles. The molecule has 1 heterocycles. The summed E-state index contributed by atoms with van der Waals surface area (Å²) in [4.78, 5) is 16.3. The number of anilines is 1. The molecule has 0 aliphatic carbocycles. The Morgan fingerprint density at radius 3 is 2.77 bits per heavy atom. The molecule has 3 aromatic rings. The zero-order valence-electron chi connectivity index (χ0n) is 12.2. The summed E-state index contributed by atoms with van der Waals surface area (Å²) in [7, 11) is 0. The van der Waals surface area contributed by atoms with Crippen LogP contribution < -0.4 is 5.32 Å². The SMILES string of the molecule is Cc1cccc2sc(NC(=O)COCc3ccccc3)nc12. The molecule has 0 saturated heterocycles. The van der Waals surface area contributed by atoms with E-state index in [1.165, 1.54) is 11.3 Å². The summed E-state index contributed by atoms with van der Waals surface area (Å²) < 4.78 is 6.49. The van der Waals surface area contributed by atoms with Crippen LogP contribution in [0.5, 0.6) is 0 Å². The predicted molar refractivity (Wildman–Crippen MR) is 89.1 cm³/mol. The quantitative estimate of drug-likeness (QED) is 0.780. The highest BCUT2D eigenvalue weighted by Crippen LogP contribution is 2.27. The molecular weight excluding hydrogens is 296 g/mol. The highest BCUT2D eigenvalue weighted by atomic mass is 32.1. The number of para-hydroxylation sites is 1. The summed E-state index contributed by atoms with van der Waals surface area (Å²) in [5.41, 5.74) is 3.09. The van der Waals surface area contributed by atoms with Crippen molar-refractivity contribution in [2.45, 2.75) is 13.5 Å². The fourth-order valence-corrected chi connectivity index (χ4v) is 3.09. The van der Waals surface area contributed by atoms with Crippen molar-refractivity contribution in [1.29, 1.82) is 0 Å². The van der Waals surface area contributed by atoms with Gasteiger partial charge in [-0.15, -0.1) is 0 Å². The Hall–Kier alpha value is -2.24. The van der Waals surface area contributed by atoms with Crippen LogP contribution in [-0.2, 0) is 16.1 Å². The average molecular weight is 312 g/mol. The second-order valence-corrected chi connectivity index (χ2v) is 6.00. The Bertz CT molecular complexity index is 784. The molecule has 0 aliphatic rings. The van der Waals surface area contributed by atoms with Gasteiger partial charge in [-0.05, 0) is 24.1 Å². The highest BCUT2D eigenvalue weighted by Gasteiger charge is 2.09. The van der Waals surface area contributed by atoms with Gasteiger partial charge in [-0.2, -0.15) is 0 Å². The molecule has 0 radical (unpaired) electrons. The van der Waals surface area contributed by atoms with Gasteiger partial charge in [0.25, 0.3) is 5.91 Å². The topological polar surface area (TPSA) is 51.2 Å². The van der Waals surface area contributed by atoms with E-state index in [1.807, 2.05) is 55.5 Å². The number of thiazole rings is 1. The Morgan fingerprint density at radius 2 is 2.00 bits per heavy atom. The fraction of sp³-hybridized carbons (Fsp3) is 0.176. The van der Waals surface area contributed by atoms with Crippen molar-refractivity contribution in [2.75, 3.05) is 11.9 Å². The van der Waals surface area contributed by atoms with Crippen LogP contribution in [0.3, 0.4) is 0 Å². The van der Waals surface area contributed by atoms with Gasteiger partial charge in [-0.1, -0.05) is 53.8 Å². The van der Waals surface area contributed by atoms with Crippen molar-refractivity contribution in [1.82, 2.24) is 4.98 Å². The smallest absolute Gasteiger partial charge is 0.252 e. The minimum atomic E-state index is -0.187. The van der Waals surface area contributed by atoms with E-state index in [1.54, 1.807) is 0 Å². The van der Waals surface area contributed by atoms with E-state index in [4.69, 9.17) is 4.74 Å². The maximum absolute atomic E-state index is 11.9. The molecule has 112 valence electrons. The first kappa shape index (κ1) is 14.7. The van der Waals surface area contributed by atoms with Gasteiger partial charge in [0.1, 0.15) is 6.61 Å². The lowest BCUT2D eigenvalue weighted by molar-refractivity contribution is -0.121. The van der Waals surface area contributed by atoms with Gasteiger partial charge in [0.15, 0.2) is 5.13 Å². The van der Waals surface area contributed by atoms with Gasteiger partial charge < -0.3 is 4.74 Å². The summed E-state index contributed by atoms with van der Waals surface area (Å²) in [6.45, 7) is 2.45. The van der Waals surface area contributed by atoms with Crippen molar-refractivity contribution in [2.24, 2.45) is 0 Å². The van der Waals surface area contributed by atoms with E-state index in [-0.39, 0.29) is 12.5 Å². The zero-order valence-corrected chi connectivity index (χ0v) is 13.0. The lowest BCUT2D eigenvalue weighted by Crippen LogP contribution is -2.18. The molecule has 4 nitrogen and oxygen atoms in total. The zero-order chi connectivity index (χ0) is 15.4. The molecule has 0 fully saturated rings. The Morgan fingerprint density at radius 1 is 1.18 bits per heavy atom. The van der Waals surface area contributed by atoms with Crippen molar-refractivity contribution < 1.29 is 9.53 Å². The van der Waals surface area contributed by atoms with Crippen molar-refractivity contribution in [3.63, 3.8) is 0 Å². The monoisotopic (exact) mass is 312 g/mol. The predicted octanol–water partition coefficient (Wildman–Crippen LogP) is 3.76. The number of hydrogen-bond acceptors (Lipinski definition) is 4. The van der Waals surface area contributed by atoms with E-state index in [9.17, 15) is 4.79 Å². The molecule has 0 spiro atoms. The van der Waals surface area contributed by atoms with Gasteiger partial charge in [-0.25, -0.2) is 4.98 Å². The van der Waals surface area contributed by atoms with Gasteiger partial charge in [-0.3, -0.25) is 10.1 Å². The third-order valence-corrected chi connectivity index (χ3v) is 4.15. The number of carbonyl (C=O) groups is 1. The van der Waals surface area contributed by atoms with Crippen LogP contribution in [0.4, 0.5) is 5.13 Å². The maximum atomic E-state index is 11.9. The largest absolute Gasteiger partial charge is 0.367 e. The number of fused-ring (bicyclic) bond motifs is 1. The molecule has 5 heteroatoms. The Labute approximate surface area is 132 Å². The lowest BCUT2D eigenvalue weighted by Gasteiger charge is -2.04. The fourth-order valence-electron chi connectivity index (χ4n) is 2.13. The van der Waals surface area contributed by atoms with Gasteiger partial charge >= 0.3 is 0 Å².